The molecule has 0 saturated carbocycles. The third-order valence-electron chi connectivity index (χ3n) is 4.06. The van der Waals surface area contributed by atoms with E-state index >= 15 is 0 Å². The highest BCUT2D eigenvalue weighted by molar-refractivity contribution is 5.92. The molecule has 0 heterocycles. The van der Waals surface area contributed by atoms with Gasteiger partial charge in [0.25, 0.3) is 5.91 Å². The van der Waals surface area contributed by atoms with E-state index in [-0.39, 0.29) is 19.1 Å². The molecule has 0 aliphatic carbocycles. The molecule has 0 aliphatic heterocycles. The van der Waals surface area contributed by atoms with Crippen LogP contribution < -0.4 is 10.1 Å². The Balaban J connectivity index is 1.74. The van der Waals surface area contributed by atoms with Gasteiger partial charge in [-0.1, -0.05) is 32.0 Å². The normalized spacial score (nSPS) is 10.5. The number of rotatable bonds is 7. The van der Waals surface area contributed by atoms with Gasteiger partial charge in [0.15, 0.2) is 13.2 Å². The maximum absolute atomic E-state index is 11.9. The zero-order valence-electron chi connectivity index (χ0n) is 15.7. The van der Waals surface area contributed by atoms with E-state index in [1.54, 1.807) is 6.07 Å². The standard InChI is InChI=1S/C21H25NO4/c1-14(2)17-6-8-18(9-7-17)22-20(23)12-26-21(24)13-25-19-10-5-15(3)16(4)11-19/h5-11,14H,12-13H2,1-4H3,(H,22,23). The molecule has 2 aromatic carbocycles. The summed E-state index contributed by atoms with van der Waals surface area (Å²) in [4.78, 5) is 23.6. The second-order valence-corrected chi connectivity index (χ2v) is 6.52. The molecule has 0 saturated heterocycles. The van der Waals surface area contributed by atoms with E-state index < -0.39 is 5.97 Å². The van der Waals surface area contributed by atoms with Gasteiger partial charge in [0.05, 0.1) is 0 Å². The highest BCUT2D eigenvalue weighted by atomic mass is 16.6. The number of carbonyl (C=O) groups excluding carboxylic acids is 2. The van der Waals surface area contributed by atoms with Crippen LogP contribution in [0.4, 0.5) is 5.69 Å². The minimum absolute atomic E-state index is 0.237. The molecule has 0 aromatic heterocycles. The Bertz CT molecular complexity index is 766. The van der Waals surface area contributed by atoms with E-state index in [2.05, 4.69) is 19.2 Å². The fraction of sp³-hybridized carbons (Fsp3) is 0.333. The Hall–Kier alpha value is -2.82. The molecule has 0 spiro atoms. The summed E-state index contributed by atoms with van der Waals surface area (Å²) < 4.78 is 10.3. The lowest BCUT2D eigenvalue weighted by atomic mass is 10.0. The smallest absolute Gasteiger partial charge is 0.344 e. The fourth-order valence-corrected chi connectivity index (χ4v) is 2.28. The van der Waals surface area contributed by atoms with Crippen molar-refractivity contribution in [2.45, 2.75) is 33.6 Å². The van der Waals surface area contributed by atoms with Crippen molar-refractivity contribution in [2.24, 2.45) is 0 Å². The Labute approximate surface area is 154 Å². The minimum atomic E-state index is -0.589. The largest absolute Gasteiger partial charge is 0.482 e. The van der Waals surface area contributed by atoms with Gasteiger partial charge in [0.2, 0.25) is 0 Å². The van der Waals surface area contributed by atoms with Crippen molar-refractivity contribution < 1.29 is 19.1 Å². The maximum Gasteiger partial charge on any atom is 0.344 e. The summed E-state index contributed by atoms with van der Waals surface area (Å²) in [5.74, 6) is 0.0492. The van der Waals surface area contributed by atoms with Crippen molar-refractivity contribution in [3.8, 4) is 5.75 Å². The number of carbonyl (C=O) groups is 2. The summed E-state index contributed by atoms with van der Waals surface area (Å²) in [6.45, 7) is 7.60. The van der Waals surface area contributed by atoms with Crippen LogP contribution in [0, 0.1) is 13.8 Å². The first-order chi connectivity index (χ1) is 12.3. The van der Waals surface area contributed by atoms with E-state index in [0.29, 0.717) is 17.4 Å². The number of hydrogen-bond acceptors (Lipinski definition) is 4. The van der Waals surface area contributed by atoms with Gasteiger partial charge >= 0.3 is 5.97 Å². The van der Waals surface area contributed by atoms with E-state index in [9.17, 15) is 9.59 Å². The molecule has 1 amide bonds. The van der Waals surface area contributed by atoms with Crippen LogP contribution in [0.2, 0.25) is 0 Å². The highest BCUT2D eigenvalue weighted by Crippen LogP contribution is 2.17. The number of esters is 1. The summed E-state index contributed by atoms with van der Waals surface area (Å²) in [5, 5.41) is 2.69. The van der Waals surface area contributed by atoms with Crippen LogP contribution in [-0.4, -0.2) is 25.1 Å². The minimum Gasteiger partial charge on any atom is -0.482 e. The number of aryl methyl sites for hydroxylation is 2. The quantitative estimate of drug-likeness (QED) is 0.763. The van der Waals surface area contributed by atoms with Crippen molar-refractivity contribution in [1.29, 1.82) is 0 Å². The number of ether oxygens (including phenoxy) is 2. The lowest BCUT2D eigenvalue weighted by Crippen LogP contribution is -2.23. The van der Waals surface area contributed by atoms with Gasteiger partial charge in [0, 0.05) is 5.69 Å². The first-order valence-corrected chi connectivity index (χ1v) is 8.60. The van der Waals surface area contributed by atoms with Gasteiger partial charge in [-0.05, 0) is 60.7 Å². The zero-order valence-corrected chi connectivity index (χ0v) is 15.7. The molecule has 0 unspecified atom stereocenters. The van der Waals surface area contributed by atoms with Crippen LogP contribution in [0.1, 0.15) is 36.5 Å². The average molecular weight is 355 g/mol. The molecule has 2 rings (SSSR count). The van der Waals surface area contributed by atoms with Gasteiger partial charge in [-0.3, -0.25) is 4.79 Å². The Morgan fingerprint density at radius 2 is 1.65 bits per heavy atom. The SMILES string of the molecule is Cc1ccc(OCC(=O)OCC(=O)Nc2ccc(C(C)C)cc2)cc1C. The lowest BCUT2D eigenvalue weighted by Gasteiger charge is -2.10. The van der Waals surface area contributed by atoms with E-state index in [1.807, 2.05) is 50.2 Å². The number of hydrogen-bond donors (Lipinski definition) is 1. The summed E-state index contributed by atoms with van der Waals surface area (Å²) in [5.41, 5.74) is 4.09. The molecule has 26 heavy (non-hydrogen) atoms. The molecule has 0 atom stereocenters. The van der Waals surface area contributed by atoms with Crippen LogP contribution >= 0.6 is 0 Å². The Morgan fingerprint density at radius 1 is 0.962 bits per heavy atom. The molecule has 5 heteroatoms. The molecule has 5 nitrogen and oxygen atoms in total. The van der Waals surface area contributed by atoms with Crippen molar-refractivity contribution >= 4 is 17.6 Å². The molecule has 2 aromatic rings. The molecule has 0 bridgehead atoms. The van der Waals surface area contributed by atoms with Crippen LogP contribution in [0.25, 0.3) is 0 Å². The van der Waals surface area contributed by atoms with Gasteiger partial charge in [-0.2, -0.15) is 0 Å². The molecule has 0 fully saturated rings. The summed E-state index contributed by atoms with van der Waals surface area (Å²) >= 11 is 0. The number of nitrogens with one attached hydrogen (secondary N) is 1. The number of anilines is 1. The van der Waals surface area contributed by atoms with Crippen LogP contribution in [-0.2, 0) is 14.3 Å². The third-order valence-corrected chi connectivity index (χ3v) is 4.06. The average Bonchev–Trinajstić information content (AvgIpc) is 2.61. The first kappa shape index (κ1) is 19.5. The second kappa shape index (κ2) is 9.04. The maximum atomic E-state index is 11.9. The van der Waals surface area contributed by atoms with Crippen LogP contribution in [0.15, 0.2) is 42.5 Å². The Kier molecular flexibility index (Phi) is 6.78. The molecular formula is C21H25NO4. The third kappa shape index (κ3) is 5.92. The van der Waals surface area contributed by atoms with Crippen LogP contribution in [0.5, 0.6) is 5.75 Å². The zero-order chi connectivity index (χ0) is 19.1. The van der Waals surface area contributed by atoms with Gasteiger partial charge in [-0.25, -0.2) is 4.79 Å². The van der Waals surface area contributed by atoms with E-state index in [0.717, 1.165) is 11.1 Å². The van der Waals surface area contributed by atoms with Gasteiger partial charge < -0.3 is 14.8 Å². The molecular weight excluding hydrogens is 330 g/mol. The first-order valence-electron chi connectivity index (χ1n) is 8.60. The number of benzene rings is 2. The topological polar surface area (TPSA) is 64.6 Å². The number of amides is 1. The monoisotopic (exact) mass is 355 g/mol. The highest BCUT2D eigenvalue weighted by Gasteiger charge is 2.09. The second-order valence-electron chi connectivity index (χ2n) is 6.52. The van der Waals surface area contributed by atoms with Crippen molar-refractivity contribution in [3.63, 3.8) is 0 Å². The molecule has 0 aliphatic rings. The van der Waals surface area contributed by atoms with E-state index in [4.69, 9.17) is 9.47 Å². The van der Waals surface area contributed by atoms with Crippen LogP contribution in [0.3, 0.4) is 0 Å². The summed E-state index contributed by atoms with van der Waals surface area (Å²) in [6, 6.07) is 13.2. The van der Waals surface area contributed by atoms with Crippen molar-refractivity contribution in [3.05, 3.63) is 59.2 Å². The van der Waals surface area contributed by atoms with Gasteiger partial charge in [0.1, 0.15) is 5.75 Å². The summed E-state index contributed by atoms with van der Waals surface area (Å²) in [7, 11) is 0. The summed E-state index contributed by atoms with van der Waals surface area (Å²) in [6.07, 6.45) is 0. The molecule has 0 radical (unpaired) electrons. The lowest BCUT2D eigenvalue weighted by molar-refractivity contribution is -0.149. The Morgan fingerprint density at radius 3 is 2.27 bits per heavy atom. The fourth-order valence-electron chi connectivity index (χ4n) is 2.28. The van der Waals surface area contributed by atoms with E-state index in [1.165, 1.54) is 5.56 Å². The predicted molar refractivity (Wildman–Crippen MR) is 102 cm³/mol. The predicted octanol–water partition coefficient (Wildman–Crippen LogP) is 3.99. The molecule has 138 valence electrons. The van der Waals surface area contributed by atoms with Crippen molar-refractivity contribution in [1.82, 2.24) is 0 Å². The van der Waals surface area contributed by atoms with Gasteiger partial charge in [-0.15, -0.1) is 0 Å². The molecule has 1 N–H and O–H groups in total. The van der Waals surface area contributed by atoms with Crippen molar-refractivity contribution in [2.75, 3.05) is 18.5 Å².